The molecule has 1 atom stereocenters. The summed E-state index contributed by atoms with van der Waals surface area (Å²) >= 11 is 0. The number of aromatic carboxylic acids is 1. The Kier molecular flexibility index (Phi) is 4.39. The first-order valence-corrected chi connectivity index (χ1v) is 6.93. The highest BCUT2D eigenvalue weighted by Crippen LogP contribution is 2.30. The molecule has 1 aromatic carbocycles. The lowest BCUT2D eigenvalue weighted by atomic mass is 10.1. The minimum atomic E-state index is -0.965. The van der Waals surface area contributed by atoms with Crippen molar-refractivity contribution in [2.24, 2.45) is 5.92 Å². The second-order valence-corrected chi connectivity index (χ2v) is 5.10. The number of nitrogens with one attached hydrogen (secondary N) is 1. The normalized spacial score (nSPS) is 15.0. The summed E-state index contributed by atoms with van der Waals surface area (Å²) < 4.78 is 0. The van der Waals surface area contributed by atoms with Crippen molar-refractivity contribution < 1.29 is 14.7 Å². The fraction of sp³-hybridized carbons (Fsp3) is 0.467. The summed E-state index contributed by atoms with van der Waals surface area (Å²) in [5.74, 6) is -1.03. The van der Waals surface area contributed by atoms with Crippen molar-refractivity contribution in [1.29, 1.82) is 0 Å². The van der Waals surface area contributed by atoms with Crippen LogP contribution in [0.4, 0.5) is 5.69 Å². The standard InChI is InChI=1S/C15H20N2O3/c1-3-16-9-10(2)14(18)17-7-6-11-4-5-12(15(19)20)8-13(11)17/h4-5,8,10,16H,3,6-7,9H2,1-2H3,(H,19,20). The van der Waals surface area contributed by atoms with E-state index >= 15 is 0 Å². The highest BCUT2D eigenvalue weighted by atomic mass is 16.4. The molecule has 5 nitrogen and oxygen atoms in total. The maximum atomic E-state index is 12.4. The van der Waals surface area contributed by atoms with Gasteiger partial charge >= 0.3 is 5.97 Å². The Balaban J connectivity index is 2.19. The van der Waals surface area contributed by atoms with E-state index in [1.165, 1.54) is 0 Å². The number of rotatable bonds is 5. The first-order valence-electron chi connectivity index (χ1n) is 6.93. The molecular formula is C15H20N2O3. The number of carbonyl (C=O) groups is 2. The van der Waals surface area contributed by atoms with Crippen molar-refractivity contribution >= 4 is 17.6 Å². The van der Waals surface area contributed by atoms with Crippen LogP contribution in [0, 0.1) is 5.92 Å². The molecule has 0 fully saturated rings. The van der Waals surface area contributed by atoms with Crippen LogP contribution in [0.2, 0.25) is 0 Å². The Hall–Kier alpha value is -1.88. The van der Waals surface area contributed by atoms with Crippen molar-refractivity contribution in [2.75, 3.05) is 24.5 Å². The average molecular weight is 276 g/mol. The van der Waals surface area contributed by atoms with Gasteiger partial charge in [-0.2, -0.15) is 0 Å². The van der Waals surface area contributed by atoms with Gasteiger partial charge in [0.05, 0.1) is 5.56 Å². The van der Waals surface area contributed by atoms with Gasteiger partial charge in [-0.25, -0.2) is 4.79 Å². The van der Waals surface area contributed by atoms with E-state index in [0.29, 0.717) is 13.1 Å². The maximum absolute atomic E-state index is 12.4. The molecule has 0 saturated heterocycles. The first-order chi connectivity index (χ1) is 9.54. The third-order valence-electron chi connectivity index (χ3n) is 3.62. The number of carboxylic acids is 1. The van der Waals surface area contributed by atoms with Gasteiger partial charge in [0.15, 0.2) is 0 Å². The van der Waals surface area contributed by atoms with E-state index < -0.39 is 5.97 Å². The summed E-state index contributed by atoms with van der Waals surface area (Å²) in [6, 6.07) is 5.00. The van der Waals surface area contributed by atoms with Crippen LogP contribution in [0.3, 0.4) is 0 Å². The number of carbonyl (C=O) groups excluding carboxylic acids is 1. The number of fused-ring (bicyclic) bond motifs is 1. The Morgan fingerprint density at radius 3 is 2.85 bits per heavy atom. The molecule has 1 amide bonds. The van der Waals surface area contributed by atoms with E-state index in [0.717, 1.165) is 24.2 Å². The van der Waals surface area contributed by atoms with Crippen LogP contribution in [0.5, 0.6) is 0 Å². The van der Waals surface area contributed by atoms with E-state index in [2.05, 4.69) is 5.32 Å². The smallest absolute Gasteiger partial charge is 0.335 e. The van der Waals surface area contributed by atoms with Gasteiger partial charge in [-0.05, 0) is 30.7 Å². The molecule has 0 spiro atoms. The Labute approximate surface area is 118 Å². The number of nitrogens with zero attached hydrogens (tertiary/aromatic N) is 1. The van der Waals surface area contributed by atoms with E-state index in [1.807, 2.05) is 13.8 Å². The zero-order valence-electron chi connectivity index (χ0n) is 11.8. The number of amides is 1. The molecule has 0 aliphatic carbocycles. The van der Waals surface area contributed by atoms with Crippen LogP contribution in [-0.4, -0.2) is 36.6 Å². The monoisotopic (exact) mass is 276 g/mol. The van der Waals surface area contributed by atoms with Gasteiger partial charge in [0.2, 0.25) is 5.91 Å². The molecule has 0 radical (unpaired) electrons. The van der Waals surface area contributed by atoms with E-state index in [9.17, 15) is 9.59 Å². The van der Waals surface area contributed by atoms with E-state index in [1.54, 1.807) is 23.1 Å². The van der Waals surface area contributed by atoms with Gasteiger partial charge in [-0.3, -0.25) is 4.79 Å². The Bertz CT molecular complexity index is 528. The molecule has 1 aromatic rings. The highest BCUT2D eigenvalue weighted by Gasteiger charge is 2.28. The van der Waals surface area contributed by atoms with Gasteiger partial charge < -0.3 is 15.3 Å². The molecule has 2 N–H and O–H groups in total. The van der Waals surface area contributed by atoms with Crippen molar-refractivity contribution in [3.63, 3.8) is 0 Å². The number of hydrogen-bond donors (Lipinski definition) is 2. The number of carboxylic acid groups (broad SMARTS) is 1. The quantitative estimate of drug-likeness (QED) is 0.855. The molecule has 108 valence electrons. The predicted octanol–water partition coefficient (Wildman–Crippen LogP) is 1.52. The summed E-state index contributed by atoms with van der Waals surface area (Å²) in [5.41, 5.74) is 2.01. The molecule has 0 saturated carbocycles. The third kappa shape index (κ3) is 2.82. The van der Waals surface area contributed by atoms with Crippen LogP contribution in [0.1, 0.15) is 29.8 Å². The van der Waals surface area contributed by atoms with Crippen LogP contribution in [0.25, 0.3) is 0 Å². The number of anilines is 1. The SMILES string of the molecule is CCNCC(C)C(=O)N1CCc2ccc(C(=O)O)cc21. The first kappa shape index (κ1) is 14.5. The van der Waals surface area contributed by atoms with Crippen LogP contribution < -0.4 is 10.2 Å². The zero-order valence-corrected chi connectivity index (χ0v) is 11.8. The molecular weight excluding hydrogens is 256 g/mol. The molecule has 1 heterocycles. The fourth-order valence-corrected chi connectivity index (χ4v) is 2.46. The van der Waals surface area contributed by atoms with Gasteiger partial charge in [0.25, 0.3) is 0 Å². The fourth-order valence-electron chi connectivity index (χ4n) is 2.46. The van der Waals surface area contributed by atoms with E-state index in [4.69, 9.17) is 5.11 Å². The maximum Gasteiger partial charge on any atom is 0.335 e. The number of hydrogen-bond acceptors (Lipinski definition) is 3. The lowest BCUT2D eigenvalue weighted by Gasteiger charge is -2.22. The van der Waals surface area contributed by atoms with Crippen LogP contribution >= 0.6 is 0 Å². The average Bonchev–Trinajstić information content (AvgIpc) is 2.86. The van der Waals surface area contributed by atoms with E-state index in [-0.39, 0.29) is 17.4 Å². The largest absolute Gasteiger partial charge is 0.478 e. The zero-order chi connectivity index (χ0) is 14.7. The summed E-state index contributed by atoms with van der Waals surface area (Å²) in [6.07, 6.45) is 0.787. The summed E-state index contributed by atoms with van der Waals surface area (Å²) in [4.78, 5) is 25.2. The Morgan fingerprint density at radius 1 is 1.45 bits per heavy atom. The highest BCUT2D eigenvalue weighted by molar-refractivity contribution is 5.98. The van der Waals surface area contributed by atoms with Crippen molar-refractivity contribution in [3.05, 3.63) is 29.3 Å². The molecule has 2 rings (SSSR count). The summed E-state index contributed by atoms with van der Waals surface area (Å²) in [5, 5.41) is 12.2. The van der Waals surface area contributed by atoms with Gasteiger partial charge in [0, 0.05) is 24.7 Å². The third-order valence-corrected chi connectivity index (χ3v) is 3.62. The molecule has 1 aliphatic heterocycles. The van der Waals surface area contributed by atoms with Crippen molar-refractivity contribution in [2.45, 2.75) is 20.3 Å². The number of benzene rings is 1. The van der Waals surface area contributed by atoms with Crippen molar-refractivity contribution in [3.8, 4) is 0 Å². The lowest BCUT2D eigenvalue weighted by molar-refractivity contribution is -0.121. The Morgan fingerprint density at radius 2 is 2.20 bits per heavy atom. The summed E-state index contributed by atoms with van der Waals surface area (Å²) in [7, 11) is 0. The second-order valence-electron chi connectivity index (χ2n) is 5.10. The van der Waals surface area contributed by atoms with Crippen molar-refractivity contribution in [1.82, 2.24) is 5.32 Å². The van der Waals surface area contributed by atoms with Gasteiger partial charge in [0.1, 0.15) is 0 Å². The molecule has 5 heteroatoms. The lowest BCUT2D eigenvalue weighted by Crippen LogP contribution is -2.38. The van der Waals surface area contributed by atoms with Crippen LogP contribution in [-0.2, 0) is 11.2 Å². The summed E-state index contributed by atoms with van der Waals surface area (Å²) in [6.45, 7) is 6.00. The topological polar surface area (TPSA) is 69.6 Å². The second kappa shape index (κ2) is 6.05. The van der Waals surface area contributed by atoms with Gasteiger partial charge in [-0.1, -0.05) is 19.9 Å². The predicted molar refractivity (Wildman–Crippen MR) is 77.2 cm³/mol. The minimum Gasteiger partial charge on any atom is -0.478 e. The molecule has 1 unspecified atom stereocenters. The molecule has 0 bridgehead atoms. The molecule has 1 aliphatic rings. The minimum absolute atomic E-state index is 0.0484. The van der Waals surface area contributed by atoms with Gasteiger partial charge in [-0.15, -0.1) is 0 Å². The molecule has 0 aromatic heterocycles. The molecule has 20 heavy (non-hydrogen) atoms. The van der Waals surface area contributed by atoms with Crippen LogP contribution in [0.15, 0.2) is 18.2 Å².